The van der Waals surface area contributed by atoms with E-state index in [0.29, 0.717) is 6.10 Å². The number of nitrogens with one attached hydrogen (secondary N) is 1. The van der Waals surface area contributed by atoms with Gasteiger partial charge in [-0.1, -0.05) is 19.8 Å². The predicted molar refractivity (Wildman–Crippen MR) is 68.9 cm³/mol. The molecule has 0 aliphatic rings. The van der Waals surface area contributed by atoms with Crippen LogP contribution in [0.3, 0.4) is 0 Å². The highest BCUT2D eigenvalue weighted by atomic mass is 16.5. The fraction of sp³-hybridized carbons (Fsp3) is 1.00. The van der Waals surface area contributed by atoms with E-state index in [0.717, 1.165) is 39.3 Å². The molecule has 0 aromatic rings. The highest BCUT2D eigenvalue weighted by Crippen LogP contribution is 1.97. The molecule has 0 fully saturated rings. The molecule has 1 N–H and O–H groups in total. The first-order chi connectivity index (χ1) is 7.81. The molecule has 3 nitrogen and oxygen atoms in total. The molecule has 0 saturated heterocycles. The number of hydrogen-bond acceptors (Lipinski definition) is 3. The first kappa shape index (κ1) is 15.9. The van der Waals surface area contributed by atoms with Crippen molar-refractivity contribution in [2.75, 3.05) is 32.9 Å². The molecule has 0 spiro atoms. The fourth-order valence-corrected chi connectivity index (χ4v) is 1.44. The zero-order valence-corrected chi connectivity index (χ0v) is 11.3. The molecule has 0 aromatic heterocycles. The molecule has 1 unspecified atom stereocenters. The second-order valence-corrected chi connectivity index (χ2v) is 4.14. The van der Waals surface area contributed by atoms with Gasteiger partial charge in [0.05, 0.1) is 6.10 Å². The molecule has 0 aliphatic carbocycles. The van der Waals surface area contributed by atoms with Crippen molar-refractivity contribution >= 4 is 0 Å². The van der Waals surface area contributed by atoms with E-state index in [1.54, 1.807) is 0 Å². The normalized spacial score (nSPS) is 12.9. The predicted octanol–water partition coefficient (Wildman–Crippen LogP) is 2.60. The van der Waals surface area contributed by atoms with Crippen LogP contribution in [-0.2, 0) is 9.47 Å². The third-order valence-electron chi connectivity index (χ3n) is 2.43. The maximum atomic E-state index is 5.68. The summed E-state index contributed by atoms with van der Waals surface area (Å²) < 4.78 is 10.9. The number of unbranched alkanes of at least 4 members (excludes halogenated alkanes) is 2. The van der Waals surface area contributed by atoms with Crippen molar-refractivity contribution in [3.63, 3.8) is 0 Å². The van der Waals surface area contributed by atoms with Crippen LogP contribution in [-0.4, -0.2) is 39.0 Å². The topological polar surface area (TPSA) is 30.5 Å². The molecule has 1 atom stereocenters. The number of ether oxygens (including phenoxy) is 2. The zero-order chi connectivity index (χ0) is 12.1. The molecule has 0 heterocycles. The van der Waals surface area contributed by atoms with Crippen LogP contribution < -0.4 is 5.32 Å². The minimum atomic E-state index is 0.323. The van der Waals surface area contributed by atoms with Crippen molar-refractivity contribution in [1.29, 1.82) is 0 Å². The summed E-state index contributed by atoms with van der Waals surface area (Å²) in [6.45, 7) is 10.9. The van der Waals surface area contributed by atoms with Crippen LogP contribution in [0.4, 0.5) is 0 Å². The van der Waals surface area contributed by atoms with Crippen molar-refractivity contribution in [3.8, 4) is 0 Å². The Labute approximate surface area is 101 Å². The fourth-order valence-electron chi connectivity index (χ4n) is 1.44. The molecule has 0 radical (unpaired) electrons. The molecule has 0 rings (SSSR count). The van der Waals surface area contributed by atoms with Gasteiger partial charge < -0.3 is 14.8 Å². The van der Waals surface area contributed by atoms with E-state index in [-0.39, 0.29) is 0 Å². The van der Waals surface area contributed by atoms with Crippen molar-refractivity contribution in [1.82, 2.24) is 5.32 Å². The van der Waals surface area contributed by atoms with Crippen LogP contribution >= 0.6 is 0 Å². The van der Waals surface area contributed by atoms with Gasteiger partial charge in [-0.25, -0.2) is 0 Å². The molecule has 16 heavy (non-hydrogen) atoms. The van der Waals surface area contributed by atoms with Crippen molar-refractivity contribution in [2.45, 2.75) is 52.6 Å². The average Bonchev–Trinajstić information content (AvgIpc) is 2.29. The maximum Gasteiger partial charge on any atom is 0.0671 e. The van der Waals surface area contributed by atoms with Gasteiger partial charge in [-0.15, -0.1) is 0 Å². The SMILES string of the molecule is CCCCCOC(C)CNCCCOCC. The summed E-state index contributed by atoms with van der Waals surface area (Å²) in [4.78, 5) is 0. The van der Waals surface area contributed by atoms with Gasteiger partial charge in [-0.05, 0) is 33.2 Å². The summed E-state index contributed by atoms with van der Waals surface area (Å²) in [7, 11) is 0. The molecule has 98 valence electrons. The lowest BCUT2D eigenvalue weighted by molar-refractivity contribution is 0.0626. The zero-order valence-electron chi connectivity index (χ0n) is 11.3. The lowest BCUT2D eigenvalue weighted by Gasteiger charge is -2.13. The summed E-state index contributed by atoms with van der Waals surface area (Å²) in [5.41, 5.74) is 0. The Hall–Kier alpha value is -0.120. The van der Waals surface area contributed by atoms with Crippen LogP contribution in [0.25, 0.3) is 0 Å². The standard InChI is InChI=1S/C13H29NO2/c1-4-6-7-11-16-13(3)12-14-9-8-10-15-5-2/h13-14H,4-12H2,1-3H3. The Balaban J connectivity index is 3.08. The van der Waals surface area contributed by atoms with E-state index in [1.165, 1.54) is 19.3 Å². The first-order valence-electron chi connectivity index (χ1n) is 6.71. The Bertz CT molecular complexity index is 131. The summed E-state index contributed by atoms with van der Waals surface area (Å²) in [5.74, 6) is 0. The van der Waals surface area contributed by atoms with Crippen LogP contribution in [0.2, 0.25) is 0 Å². The monoisotopic (exact) mass is 231 g/mol. The number of rotatable bonds is 12. The quantitative estimate of drug-likeness (QED) is 0.524. The summed E-state index contributed by atoms with van der Waals surface area (Å²) >= 11 is 0. The van der Waals surface area contributed by atoms with Crippen LogP contribution in [0.1, 0.15) is 46.5 Å². The molecular weight excluding hydrogens is 202 g/mol. The van der Waals surface area contributed by atoms with Gasteiger partial charge in [0.1, 0.15) is 0 Å². The van der Waals surface area contributed by atoms with E-state index >= 15 is 0 Å². The third kappa shape index (κ3) is 12.0. The van der Waals surface area contributed by atoms with E-state index in [9.17, 15) is 0 Å². The Morgan fingerprint density at radius 3 is 2.56 bits per heavy atom. The van der Waals surface area contributed by atoms with Gasteiger partial charge in [0.25, 0.3) is 0 Å². The lowest BCUT2D eigenvalue weighted by atomic mass is 10.3. The second-order valence-electron chi connectivity index (χ2n) is 4.14. The second kappa shape index (κ2) is 12.9. The molecule has 0 aliphatic heterocycles. The minimum Gasteiger partial charge on any atom is -0.382 e. The Kier molecular flexibility index (Phi) is 12.9. The highest BCUT2D eigenvalue weighted by molar-refractivity contribution is 4.55. The van der Waals surface area contributed by atoms with Gasteiger partial charge in [-0.3, -0.25) is 0 Å². The summed E-state index contributed by atoms with van der Waals surface area (Å²) in [5, 5.41) is 3.38. The molecular formula is C13H29NO2. The average molecular weight is 231 g/mol. The largest absolute Gasteiger partial charge is 0.382 e. The summed E-state index contributed by atoms with van der Waals surface area (Å²) in [6, 6.07) is 0. The third-order valence-corrected chi connectivity index (χ3v) is 2.43. The maximum absolute atomic E-state index is 5.68. The van der Waals surface area contributed by atoms with Gasteiger partial charge in [0.15, 0.2) is 0 Å². The van der Waals surface area contributed by atoms with E-state index < -0.39 is 0 Å². The van der Waals surface area contributed by atoms with Gasteiger partial charge in [-0.2, -0.15) is 0 Å². The molecule has 0 aromatic carbocycles. The van der Waals surface area contributed by atoms with Crippen molar-refractivity contribution in [3.05, 3.63) is 0 Å². The Morgan fingerprint density at radius 1 is 1.06 bits per heavy atom. The van der Waals surface area contributed by atoms with Crippen molar-refractivity contribution < 1.29 is 9.47 Å². The lowest BCUT2D eigenvalue weighted by Crippen LogP contribution is -2.28. The van der Waals surface area contributed by atoms with Gasteiger partial charge >= 0.3 is 0 Å². The van der Waals surface area contributed by atoms with Crippen LogP contribution in [0, 0.1) is 0 Å². The number of hydrogen-bond donors (Lipinski definition) is 1. The smallest absolute Gasteiger partial charge is 0.0671 e. The Morgan fingerprint density at radius 2 is 1.88 bits per heavy atom. The summed E-state index contributed by atoms with van der Waals surface area (Å²) in [6.07, 6.45) is 5.12. The molecule has 0 saturated carbocycles. The van der Waals surface area contributed by atoms with E-state index in [1.807, 2.05) is 6.92 Å². The minimum absolute atomic E-state index is 0.323. The van der Waals surface area contributed by atoms with Gasteiger partial charge in [0, 0.05) is 26.4 Å². The van der Waals surface area contributed by atoms with E-state index in [4.69, 9.17) is 9.47 Å². The molecule has 0 amide bonds. The first-order valence-corrected chi connectivity index (χ1v) is 6.71. The van der Waals surface area contributed by atoms with Crippen LogP contribution in [0.15, 0.2) is 0 Å². The van der Waals surface area contributed by atoms with Gasteiger partial charge in [0.2, 0.25) is 0 Å². The van der Waals surface area contributed by atoms with Crippen LogP contribution in [0.5, 0.6) is 0 Å². The molecule has 0 bridgehead atoms. The van der Waals surface area contributed by atoms with E-state index in [2.05, 4.69) is 19.2 Å². The van der Waals surface area contributed by atoms with Crippen molar-refractivity contribution in [2.24, 2.45) is 0 Å². The molecule has 3 heteroatoms. The highest BCUT2D eigenvalue weighted by Gasteiger charge is 2.00.